The Bertz CT molecular complexity index is 804. The van der Waals surface area contributed by atoms with Gasteiger partial charge in [-0.1, -0.05) is 60.7 Å². The number of rotatable bonds is 7. The first-order valence-electron chi connectivity index (χ1n) is 8.28. The molecular weight excluding hydrogens is 312 g/mol. The Balaban J connectivity index is 1.56. The smallest absolute Gasteiger partial charge is 0.279 e. The molecule has 0 radical (unpaired) electrons. The average molecular weight is 333 g/mol. The zero-order chi connectivity index (χ0) is 17.3. The molecule has 126 valence electrons. The summed E-state index contributed by atoms with van der Waals surface area (Å²) >= 11 is 0. The van der Waals surface area contributed by atoms with Crippen molar-refractivity contribution in [2.45, 2.75) is 6.54 Å². The number of para-hydroxylation sites is 3. The van der Waals surface area contributed by atoms with Crippen molar-refractivity contribution in [1.29, 1.82) is 0 Å². The number of anilines is 1. The molecule has 1 amide bonds. The topological polar surface area (TPSA) is 54.9 Å². The van der Waals surface area contributed by atoms with Crippen LogP contribution in [0.4, 0.5) is 5.69 Å². The van der Waals surface area contributed by atoms with Gasteiger partial charge >= 0.3 is 0 Å². The molecule has 0 heterocycles. The van der Waals surface area contributed by atoms with Crippen LogP contribution in [-0.2, 0) is 11.3 Å². The van der Waals surface area contributed by atoms with E-state index in [-0.39, 0.29) is 5.91 Å². The highest BCUT2D eigenvalue weighted by Gasteiger charge is 2.09. The van der Waals surface area contributed by atoms with Gasteiger partial charge < -0.3 is 15.4 Å². The summed E-state index contributed by atoms with van der Waals surface area (Å²) in [6, 6.07) is 27.1. The van der Waals surface area contributed by atoms with E-state index in [1.807, 2.05) is 78.1 Å². The molecule has 0 bridgehead atoms. The van der Waals surface area contributed by atoms with E-state index in [9.17, 15) is 4.79 Å². The molecule has 0 aromatic heterocycles. The minimum Gasteiger partial charge on any atom is -0.455 e. The van der Waals surface area contributed by atoms with E-state index >= 15 is 0 Å². The molecule has 4 nitrogen and oxygen atoms in total. The van der Waals surface area contributed by atoms with Gasteiger partial charge in [-0.05, 0) is 24.3 Å². The van der Waals surface area contributed by atoms with Crippen molar-refractivity contribution >= 4 is 11.6 Å². The van der Waals surface area contributed by atoms with Gasteiger partial charge in [0, 0.05) is 5.56 Å². The zero-order valence-corrected chi connectivity index (χ0v) is 13.9. The lowest BCUT2D eigenvalue weighted by atomic mass is 10.2. The van der Waals surface area contributed by atoms with Crippen LogP contribution < -0.4 is 15.4 Å². The second-order valence-corrected chi connectivity index (χ2v) is 5.64. The number of carbonyl (C=O) groups excluding carboxylic acids is 1. The summed E-state index contributed by atoms with van der Waals surface area (Å²) in [6.45, 7) is 1.13. The lowest BCUT2D eigenvalue weighted by molar-refractivity contribution is -0.659. The normalized spacial score (nSPS) is 10.2. The number of hydrogen-bond acceptors (Lipinski definition) is 2. The zero-order valence-electron chi connectivity index (χ0n) is 13.9. The largest absolute Gasteiger partial charge is 0.455 e. The van der Waals surface area contributed by atoms with Crippen LogP contribution in [-0.4, -0.2) is 12.5 Å². The second kappa shape index (κ2) is 8.66. The van der Waals surface area contributed by atoms with Crippen LogP contribution in [0.3, 0.4) is 0 Å². The first-order valence-corrected chi connectivity index (χ1v) is 8.28. The third kappa shape index (κ3) is 5.19. The summed E-state index contributed by atoms with van der Waals surface area (Å²) in [5, 5.41) is 4.90. The van der Waals surface area contributed by atoms with Crippen LogP contribution in [0.2, 0.25) is 0 Å². The summed E-state index contributed by atoms with van der Waals surface area (Å²) < 4.78 is 5.86. The predicted octanol–water partition coefficient (Wildman–Crippen LogP) is 3.18. The van der Waals surface area contributed by atoms with Crippen LogP contribution in [0.15, 0.2) is 84.9 Å². The quantitative estimate of drug-likeness (QED) is 0.698. The van der Waals surface area contributed by atoms with Crippen molar-refractivity contribution in [2.75, 3.05) is 11.9 Å². The standard InChI is InChI=1S/C21H20N2O2/c24-21(16-22-15-17-9-3-1-4-10-17)23-19-13-7-8-14-20(19)25-18-11-5-2-6-12-18/h1-14,22H,15-16H2,(H,23,24)/p+1. The van der Waals surface area contributed by atoms with E-state index in [0.717, 1.165) is 12.3 Å². The first kappa shape index (κ1) is 16.7. The maximum atomic E-state index is 12.2. The Morgan fingerprint density at radius 2 is 1.48 bits per heavy atom. The van der Waals surface area contributed by atoms with Gasteiger partial charge in [-0.15, -0.1) is 0 Å². The third-order valence-electron chi connectivity index (χ3n) is 3.68. The minimum absolute atomic E-state index is 0.0555. The Labute approximate surface area is 147 Å². The minimum atomic E-state index is -0.0555. The first-order chi connectivity index (χ1) is 12.3. The van der Waals surface area contributed by atoms with Crippen LogP contribution in [0.5, 0.6) is 11.5 Å². The molecule has 3 aromatic carbocycles. The van der Waals surface area contributed by atoms with Gasteiger partial charge in [-0.2, -0.15) is 0 Å². The van der Waals surface area contributed by atoms with Crippen molar-refractivity contribution < 1.29 is 14.8 Å². The van der Waals surface area contributed by atoms with Gasteiger partial charge in [0.05, 0.1) is 5.69 Å². The summed E-state index contributed by atoms with van der Waals surface area (Å²) in [5.74, 6) is 1.31. The summed E-state index contributed by atoms with van der Waals surface area (Å²) in [7, 11) is 0. The monoisotopic (exact) mass is 333 g/mol. The second-order valence-electron chi connectivity index (χ2n) is 5.64. The number of nitrogens with one attached hydrogen (secondary N) is 1. The highest BCUT2D eigenvalue weighted by atomic mass is 16.5. The average Bonchev–Trinajstić information content (AvgIpc) is 2.65. The van der Waals surface area contributed by atoms with Crippen molar-refractivity contribution in [1.82, 2.24) is 0 Å². The predicted molar refractivity (Wildman–Crippen MR) is 98.5 cm³/mol. The summed E-state index contributed by atoms with van der Waals surface area (Å²) in [5.41, 5.74) is 1.87. The molecule has 0 unspecified atom stereocenters. The molecule has 0 aliphatic rings. The number of quaternary nitrogens is 1. The van der Waals surface area contributed by atoms with Crippen molar-refractivity contribution in [3.63, 3.8) is 0 Å². The Hall–Kier alpha value is -3.11. The van der Waals surface area contributed by atoms with E-state index in [0.29, 0.717) is 18.0 Å². The Morgan fingerprint density at radius 1 is 0.840 bits per heavy atom. The maximum Gasteiger partial charge on any atom is 0.279 e. The fourth-order valence-electron chi connectivity index (χ4n) is 2.46. The molecule has 0 atom stereocenters. The van der Waals surface area contributed by atoms with Gasteiger partial charge in [-0.25, -0.2) is 0 Å². The Morgan fingerprint density at radius 3 is 2.24 bits per heavy atom. The van der Waals surface area contributed by atoms with Crippen LogP contribution in [0, 0.1) is 0 Å². The van der Waals surface area contributed by atoms with Gasteiger partial charge in [0.1, 0.15) is 12.3 Å². The fraction of sp³-hybridized carbons (Fsp3) is 0.0952. The number of ether oxygens (including phenoxy) is 1. The summed E-state index contributed by atoms with van der Waals surface area (Å²) in [4.78, 5) is 12.2. The number of amides is 1. The Kier molecular flexibility index (Phi) is 5.80. The lowest BCUT2D eigenvalue weighted by Crippen LogP contribution is -2.84. The fourth-order valence-corrected chi connectivity index (χ4v) is 2.46. The van der Waals surface area contributed by atoms with E-state index in [2.05, 4.69) is 17.4 Å². The van der Waals surface area contributed by atoms with Gasteiger partial charge in [0.15, 0.2) is 12.3 Å². The molecule has 0 aliphatic carbocycles. The molecule has 3 N–H and O–H groups in total. The van der Waals surface area contributed by atoms with E-state index in [1.54, 1.807) is 0 Å². The van der Waals surface area contributed by atoms with E-state index in [1.165, 1.54) is 5.56 Å². The molecule has 3 aromatic rings. The van der Waals surface area contributed by atoms with Gasteiger partial charge in [-0.3, -0.25) is 4.79 Å². The number of nitrogens with two attached hydrogens (primary N) is 1. The number of carbonyl (C=O) groups is 1. The maximum absolute atomic E-state index is 12.2. The highest BCUT2D eigenvalue weighted by molar-refractivity contribution is 5.92. The molecule has 3 rings (SSSR count). The van der Waals surface area contributed by atoms with Crippen LogP contribution in [0.25, 0.3) is 0 Å². The third-order valence-corrected chi connectivity index (χ3v) is 3.68. The molecule has 25 heavy (non-hydrogen) atoms. The number of hydrogen-bond donors (Lipinski definition) is 2. The molecule has 0 saturated carbocycles. The van der Waals surface area contributed by atoms with E-state index < -0.39 is 0 Å². The van der Waals surface area contributed by atoms with Crippen molar-refractivity contribution in [3.05, 3.63) is 90.5 Å². The van der Waals surface area contributed by atoms with Crippen LogP contribution >= 0.6 is 0 Å². The van der Waals surface area contributed by atoms with Gasteiger partial charge in [0.25, 0.3) is 5.91 Å². The molecule has 0 saturated heterocycles. The lowest BCUT2D eigenvalue weighted by Gasteiger charge is -2.11. The summed E-state index contributed by atoms with van der Waals surface area (Å²) in [6.07, 6.45) is 0. The number of benzene rings is 3. The molecule has 0 spiro atoms. The van der Waals surface area contributed by atoms with Crippen molar-refractivity contribution in [3.8, 4) is 11.5 Å². The van der Waals surface area contributed by atoms with Crippen LogP contribution in [0.1, 0.15) is 5.56 Å². The SMILES string of the molecule is O=C(C[NH2+]Cc1ccccc1)Nc1ccccc1Oc1ccccc1. The molecular formula is C21H21N2O2+. The molecule has 0 aliphatic heterocycles. The molecule has 0 fully saturated rings. The van der Waals surface area contributed by atoms with Crippen molar-refractivity contribution in [2.24, 2.45) is 0 Å². The van der Waals surface area contributed by atoms with E-state index in [4.69, 9.17) is 4.74 Å². The van der Waals surface area contributed by atoms with Gasteiger partial charge in [0.2, 0.25) is 0 Å². The molecule has 4 heteroatoms. The highest BCUT2D eigenvalue weighted by Crippen LogP contribution is 2.28.